The zero-order valence-corrected chi connectivity index (χ0v) is 25.1. The molecule has 10 heteroatoms. The number of fused-ring (bicyclic) bond motifs is 9. The highest BCUT2D eigenvalue weighted by Crippen LogP contribution is 2.70. The molecule has 0 radical (unpaired) electrons. The lowest BCUT2D eigenvalue weighted by molar-refractivity contribution is -0.162. The van der Waals surface area contributed by atoms with Crippen LogP contribution >= 0.6 is 0 Å². The molecule has 7 unspecified atom stereocenters. The molecule has 3 saturated carbocycles. The summed E-state index contributed by atoms with van der Waals surface area (Å²) in [6.07, 6.45) is 8.37. The number of esters is 1. The summed E-state index contributed by atoms with van der Waals surface area (Å²) in [5.74, 6) is 4.15. The molecule has 10 nitrogen and oxygen atoms in total. The molecule has 0 aromatic heterocycles. The van der Waals surface area contributed by atoms with Crippen molar-refractivity contribution >= 4 is 5.97 Å². The third kappa shape index (κ3) is 9.44. The molecule has 3 fully saturated rings. The van der Waals surface area contributed by atoms with E-state index in [2.05, 4.69) is 19.1 Å². The Bertz CT molecular complexity index is 778. The Morgan fingerprint density at radius 3 is 1.49 bits per heavy atom. The van der Waals surface area contributed by atoms with Crippen LogP contribution in [0.15, 0.2) is 12.2 Å². The van der Waals surface area contributed by atoms with Crippen LogP contribution in [0, 0.1) is 40.9 Å². The van der Waals surface area contributed by atoms with Crippen molar-refractivity contribution in [2.24, 2.45) is 40.9 Å². The smallest absolute Gasteiger partial charge is 0.312 e. The summed E-state index contributed by atoms with van der Waals surface area (Å²) in [6.45, 7) is 10.2. The first-order valence-electron chi connectivity index (χ1n) is 15.5. The zero-order valence-electron chi connectivity index (χ0n) is 25.1. The normalized spacial score (nSPS) is 30.9. The topological polar surface area (TPSA) is 100 Å². The van der Waals surface area contributed by atoms with E-state index in [-0.39, 0.29) is 11.4 Å². The number of methoxy groups -OCH3 is 1. The maximum atomic E-state index is 13.0. The summed E-state index contributed by atoms with van der Waals surface area (Å²) in [6, 6.07) is 0. The van der Waals surface area contributed by atoms with Gasteiger partial charge in [0.15, 0.2) is 0 Å². The number of carbonyl (C=O) groups excluding carboxylic acids is 1. The number of carbonyl (C=O) groups is 1. The van der Waals surface area contributed by atoms with Crippen LogP contribution in [0.1, 0.15) is 26.2 Å². The zero-order chi connectivity index (χ0) is 28.8. The van der Waals surface area contributed by atoms with Gasteiger partial charge in [-0.15, -0.1) is 0 Å². The molecule has 0 N–H and O–H groups in total. The number of hydrogen-bond acceptors (Lipinski definition) is 10. The van der Waals surface area contributed by atoms with Crippen LogP contribution in [-0.4, -0.2) is 119 Å². The summed E-state index contributed by atoms with van der Waals surface area (Å²) in [4.78, 5) is 13.0. The van der Waals surface area contributed by atoms with E-state index < -0.39 is 0 Å². The fourth-order valence-corrected chi connectivity index (χ4v) is 7.53. The van der Waals surface area contributed by atoms with Crippen molar-refractivity contribution in [3.05, 3.63) is 12.2 Å². The number of ether oxygens (including phenoxy) is 9. The Kier molecular flexibility index (Phi) is 14.3. The second-order valence-corrected chi connectivity index (χ2v) is 11.7. The minimum Gasteiger partial charge on any atom is -0.463 e. The molecule has 0 aliphatic heterocycles. The van der Waals surface area contributed by atoms with Crippen LogP contribution in [0.2, 0.25) is 0 Å². The lowest BCUT2D eigenvalue weighted by Gasteiger charge is -2.41. The Hall–Kier alpha value is -1.11. The average molecular weight is 585 g/mol. The molecule has 0 spiro atoms. The minimum absolute atomic E-state index is 0.0233. The van der Waals surface area contributed by atoms with E-state index in [0.29, 0.717) is 129 Å². The first-order chi connectivity index (χ1) is 20.1. The second kappa shape index (κ2) is 17.9. The maximum Gasteiger partial charge on any atom is 0.312 e. The highest BCUT2D eigenvalue weighted by molar-refractivity contribution is 5.77. The summed E-state index contributed by atoms with van der Waals surface area (Å²) < 4.78 is 48.8. The molecule has 0 saturated heterocycles. The highest BCUT2D eigenvalue weighted by atomic mass is 16.6. The van der Waals surface area contributed by atoms with Gasteiger partial charge in [-0.3, -0.25) is 4.79 Å². The Balaban J connectivity index is 0.859. The van der Waals surface area contributed by atoms with Crippen LogP contribution in [0.3, 0.4) is 0 Å². The lowest BCUT2D eigenvalue weighted by Crippen LogP contribution is -2.43. The van der Waals surface area contributed by atoms with Gasteiger partial charge < -0.3 is 42.6 Å². The van der Waals surface area contributed by atoms with Gasteiger partial charge in [0.05, 0.1) is 105 Å². The van der Waals surface area contributed by atoms with E-state index in [1.807, 2.05) is 0 Å². The number of allylic oxidation sites excluding steroid dienone is 2. The second-order valence-electron chi connectivity index (χ2n) is 11.7. The summed E-state index contributed by atoms with van der Waals surface area (Å²) in [5.41, 5.74) is -0.318. The number of rotatable bonds is 25. The predicted octanol–water partition coefficient (Wildman–Crippen LogP) is 2.78. The number of hydrogen-bond donors (Lipinski definition) is 0. The third-order valence-electron chi connectivity index (χ3n) is 9.24. The Morgan fingerprint density at radius 1 is 0.610 bits per heavy atom. The van der Waals surface area contributed by atoms with Crippen molar-refractivity contribution in [2.45, 2.75) is 26.2 Å². The van der Waals surface area contributed by atoms with Gasteiger partial charge in [-0.1, -0.05) is 12.2 Å². The fourth-order valence-electron chi connectivity index (χ4n) is 7.53. The van der Waals surface area contributed by atoms with Crippen molar-refractivity contribution in [3.8, 4) is 0 Å². The van der Waals surface area contributed by atoms with Gasteiger partial charge in [-0.05, 0) is 61.7 Å². The van der Waals surface area contributed by atoms with E-state index in [0.717, 1.165) is 18.3 Å². The average Bonchev–Trinajstić information content (AvgIpc) is 3.75. The molecule has 0 aromatic carbocycles. The van der Waals surface area contributed by atoms with E-state index in [4.69, 9.17) is 42.6 Å². The van der Waals surface area contributed by atoms with E-state index in [1.54, 1.807) is 7.11 Å². The molecule has 0 amide bonds. The molecule has 4 aliphatic rings. The van der Waals surface area contributed by atoms with Crippen molar-refractivity contribution in [1.29, 1.82) is 0 Å². The molecule has 7 atom stereocenters. The minimum atomic E-state index is -0.318. The first-order valence-corrected chi connectivity index (χ1v) is 15.5. The summed E-state index contributed by atoms with van der Waals surface area (Å²) >= 11 is 0. The van der Waals surface area contributed by atoms with Crippen LogP contribution in [0.5, 0.6) is 0 Å². The molecule has 0 heterocycles. The highest BCUT2D eigenvalue weighted by Gasteiger charge is 2.66. The van der Waals surface area contributed by atoms with Crippen LogP contribution in [0.4, 0.5) is 0 Å². The summed E-state index contributed by atoms with van der Waals surface area (Å²) in [5, 5.41) is 0. The molecule has 0 aromatic rings. The predicted molar refractivity (Wildman–Crippen MR) is 151 cm³/mol. The monoisotopic (exact) mass is 584 g/mol. The van der Waals surface area contributed by atoms with Gasteiger partial charge in [0.2, 0.25) is 0 Å². The Labute approximate surface area is 245 Å². The molecule has 236 valence electrons. The molecule has 41 heavy (non-hydrogen) atoms. The molecule has 4 bridgehead atoms. The van der Waals surface area contributed by atoms with Crippen molar-refractivity contribution < 1.29 is 47.4 Å². The quantitative estimate of drug-likeness (QED) is 0.0689. The molecule has 4 aliphatic carbocycles. The van der Waals surface area contributed by atoms with Gasteiger partial charge in [0, 0.05) is 7.11 Å². The van der Waals surface area contributed by atoms with E-state index in [1.165, 1.54) is 12.8 Å². The standard InChI is InChI=1S/C31H52O10/c1-31(23-26-22-27(31)29-25-4-3-24(21-25)28(26)29)30(32)41-20-19-40-18-17-39-16-15-38-14-13-37-12-11-36-10-9-35-8-7-34-6-5-33-2/h3-4,24-29H,5-23H2,1-2H3. The van der Waals surface area contributed by atoms with E-state index in [9.17, 15) is 4.79 Å². The van der Waals surface area contributed by atoms with Crippen molar-refractivity contribution in [2.75, 3.05) is 113 Å². The Morgan fingerprint density at radius 2 is 1.02 bits per heavy atom. The van der Waals surface area contributed by atoms with Gasteiger partial charge in [-0.25, -0.2) is 0 Å². The lowest BCUT2D eigenvalue weighted by atomic mass is 9.63. The van der Waals surface area contributed by atoms with E-state index >= 15 is 0 Å². The van der Waals surface area contributed by atoms with Crippen LogP contribution in [0.25, 0.3) is 0 Å². The first kappa shape index (κ1) is 32.8. The largest absolute Gasteiger partial charge is 0.463 e. The summed E-state index contributed by atoms with van der Waals surface area (Å²) in [7, 11) is 1.65. The van der Waals surface area contributed by atoms with Gasteiger partial charge in [0.25, 0.3) is 0 Å². The molecular weight excluding hydrogens is 532 g/mol. The van der Waals surface area contributed by atoms with Crippen molar-refractivity contribution in [1.82, 2.24) is 0 Å². The van der Waals surface area contributed by atoms with Crippen LogP contribution in [-0.2, 0) is 47.4 Å². The molecular formula is C31H52O10. The van der Waals surface area contributed by atoms with Crippen LogP contribution < -0.4 is 0 Å². The maximum absolute atomic E-state index is 13.0. The molecule has 4 rings (SSSR count). The third-order valence-corrected chi connectivity index (χ3v) is 9.24. The van der Waals surface area contributed by atoms with Crippen molar-refractivity contribution in [3.63, 3.8) is 0 Å². The van der Waals surface area contributed by atoms with Gasteiger partial charge >= 0.3 is 5.97 Å². The van der Waals surface area contributed by atoms with Gasteiger partial charge in [0.1, 0.15) is 6.61 Å². The fraction of sp³-hybridized carbons (Fsp3) is 0.903. The van der Waals surface area contributed by atoms with Gasteiger partial charge in [-0.2, -0.15) is 0 Å². The SMILES string of the molecule is COCCOCCOCCOCCOCCOCCOCCOCCOC(=O)C1(C)CC2CC1C1C3C=CC(C3)C21.